The van der Waals surface area contributed by atoms with Gasteiger partial charge in [-0.2, -0.15) is 0 Å². The molecule has 3 aromatic rings. The van der Waals surface area contributed by atoms with Gasteiger partial charge in [-0.05, 0) is 58.6 Å². The summed E-state index contributed by atoms with van der Waals surface area (Å²) in [7, 11) is 0. The van der Waals surface area contributed by atoms with Gasteiger partial charge in [-0.25, -0.2) is 0 Å². The second-order valence-corrected chi connectivity index (χ2v) is 8.51. The Morgan fingerprint density at radius 1 is 1.21 bits per heavy atom. The van der Waals surface area contributed by atoms with Crippen molar-refractivity contribution in [3.05, 3.63) is 82.1 Å². The Kier molecular flexibility index (Phi) is 7.28. The van der Waals surface area contributed by atoms with Gasteiger partial charge in [0.05, 0.1) is 11.4 Å². The molecular formula is C22H23BrN4OS. The molecule has 0 radical (unpaired) electrons. The van der Waals surface area contributed by atoms with Gasteiger partial charge in [0.15, 0.2) is 5.16 Å². The van der Waals surface area contributed by atoms with Crippen molar-refractivity contribution < 1.29 is 4.79 Å². The molecule has 0 bridgehead atoms. The maximum absolute atomic E-state index is 12.5. The lowest BCUT2D eigenvalue weighted by Gasteiger charge is -2.11. The molecule has 29 heavy (non-hydrogen) atoms. The van der Waals surface area contributed by atoms with E-state index in [1.807, 2.05) is 54.8 Å². The molecule has 0 spiro atoms. The molecule has 0 atom stereocenters. The lowest BCUT2D eigenvalue weighted by molar-refractivity contribution is -0.113. The number of hydrogen-bond acceptors (Lipinski definition) is 4. The van der Waals surface area contributed by atoms with E-state index < -0.39 is 0 Å². The molecule has 1 aromatic heterocycles. The van der Waals surface area contributed by atoms with Crippen LogP contribution in [0.1, 0.15) is 22.5 Å². The van der Waals surface area contributed by atoms with E-state index in [4.69, 9.17) is 0 Å². The Labute approximate surface area is 183 Å². The number of aromatic nitrogens is 3. The quantitative estimate of drug-likeness (QED) is 0.364. The largest absolute Gasteiger partial charge is 0.324 e. The molecule has 2 aromatic carbocycles. The molecule has 3 rings (SSSR count). The number of allylic oxidation sites excluding steroid dienone is 1. The maximum Gasteiger partial charge on any atom is 0.234 e. The molecule has 5 nitrogen and oxygen atoms in total. The number of aryl methyl sites for hydroxylation is 2. The minimum Gasteiger partial charge on any atom is -0.324 e. The molecule has 7 heteroatoms. The standard InChI is InChI=1S/C22H23BrN4OS/c1-4-10-27-20(13-17-8-6-5-7-9-17)25-26-22(27)29-14-21(28)24-19-12-16(3)15(2)11-18(19)23/h4-9,11-12H,1,10,13-14H2,2-3H3,(H,24,28). The number of thioether (sulfide) groups is 1. The fourth-order valence-corrected chi connectivity index (χ4v) is 4.16. The predicted molar refractivity (Wildman–Crippen MR) is 122 cm³/mol. The Hall–Kier alpha value is -2.38. The van der Waals surface area contributed by atoms with Gasteiger partial charge in [-0.15, -0.1) is 16.8 Å². The van der Waals surface area contributed by atoms with Crippen LogP contribution in [0.3, 0.4) is 0 Å². The van der Waals surface area contributed by atoms with Crippen LogP contribution in [0.5, 0.6) is 0 Å². The number of benzene rings is 2. The fraction of sp³-hybridized carbons (Fsp3) is 0.227. The summed E-state index contributed by atoms with van der Waals surface area (Å²) >= 11 is 4.89. The van der Waals surface area contributed by atoms with Crippen molar-refractivity contribution in [1.29, 1.82) is 0 Å². The molecule has 0 aliphatic carbocycles. The van der Waals surface area contributed by atoms with Crippen molar-refractivity contribution in [1.82, 2.24) is 14.8 Å². The van der Waals surface area contributed by atoms with Gasteiger partial charge in [0, 0.05) is 17.4 Å². The van der Waals surface area contributed by atoms with E-state index in [1.54, 1.807) is 0 Å². The summed E-state index contributed by atoms with van der Waals surface area (Å²) in [6.45, 7) is 8.50. The molecule has 1 N–H and O–H groups in total. The summed E-state index contributed by atoms with van der Waals surface area (Å²) in [6.07, 6.45) is 2.50. The van der Waals surface area contributed by atoms with E-state index >= 15 is 0 Å². The molecule has 0 saturated heterocycles. The van der Waals surface area contributed by atoms with Gasteiger partial charge in [0.25, 0.3) is 0 Å². The van der Waals surface area contributed by atoms with Crippen LogP contribution in [0, 0.1) is 13.8 Å². The number of carbonyl (C=O) groups is 1. The van der Waals surface area contributed by atoms with E-state index in [0.717, 1.165) is 21.5 Å². The van der Waals surface area contributed by atoms with Crippen LogP contribution < -0.4 is 5.32 Å². The van der Waals surface area contributed by atoms with Crippen molar-refractivity contribution in [3.8, 4) is 0 Å². The third kappa shape index (κ3) is 5.58. The summed E-state index contributed by atoms with van der Waals surface area (Å²) in [4.78, 5) is 12.5. The third-order valence-electron chi connectivity index (χ3n) is 4.50. The Bertz CT molecular complexity index is 1020. The molecule has 1 heterocycles. The zero-order valence-electron chi connectivity index (χ0n) is 16.5. The van der Waals surface area contributed by atoms with Gasteiger partial charge in [0.2, 0.25) is 5.91 Å². The number of carbonyl (C=O) groups excluding carboxylic acids is 1. The number of nitrogens with zero attached hydrogens (tertiary/aromatic N) is 3. The van der Waals surface area contributed by atoms with Crippen LogP contribution in [0.4, 0.5) is 5.69 Å². The minimum absolute atomic E-state index is 0.0864. The highest BCUT2D eigenvalue weighted by Crippen LogP contribution is 2.27. The van der Waals surface area contributed by atoms with Crippen molar-refractivity contribution in [2.75, 3.05) is 11.1 Å². The zero-order valence-corrected chi connectivity index (χ0v) is 18.9. The SMILES string of the molecule is C=CCn1c(Cc2ccccc2)nnc1SCC(=O)Nc1cc(C)c(C)cc1Br. The molecule has 0 aliphatic rings. The summed E-state index contributed by atoms with van der Waals surface area (Å²) in [5.41, 5.74) is 4.25. The van der Waals surface area contributed by atoms with Gasteiger partial charge in [0.1, 0.15) is 5.82 Å². The Morgan fingerprint density at radius 2 is 1.93 bits per heavy atom. The molecule has 0 fully saturated rings. The molecule has 0 aliphatic heterocycles. The van der Waals surface area contributed by atoms with E-state index in [0.29, 0.717) is 18.1 Å². The number of nitrogens with one attached hydrogen (secondary N) is 1. The Morgan fingerprint density at radius 3 is 2.66 bits per heavy atom. The van der Waals surface area contributed by atoms with Gasteiger partial charge in [-0.1, -0.05) is 48.2 Å². The average Bonchev–Trinajstić information content (AvgIpc) is 3.07. The van der Waals surface area contributed by atoms with Crippen LogP contribution in [0.25, 0.3) is 0 Å². The van der Waals surface area contributed by atoms with Crippen LogP contribution in [0.15, 0.2) is 64.7 Å². The highest BCUT2D eigenvalue weighted by atomic mass is 79.9. The average molecular weight is 471 g/mol. The highest BCUT2D eigenvalue weighted by Gasteiger charge is 2.15. The van der Waals surface area contributed by atoms with Crippen LogP contribution in [0.2, 0.25) is 0 Å². The van der Waals surface area contributed by atoms with Gasteiger partial charge < -0.3 is 9.88 Å². The number of anilines is 1. The minimum atomic E-state index is -0.0864. The summed E-state index contributed by atoms with van der Waals surface area (Å²) in [5, 5.41) is 12.3. The smallest absolute Gasteiger partial charge is 0.234 e. The maximum atomic E-state index is 12.5. The van der Waals surface area contributed by atoms with Crippen molar-refractivity contribution >= 4 is 39.3 Å². The second kappa shape index (κ2) is 9.89. The first-order valence-corrected chi connectivity index (χ1v) is 11.0. The topological polar surface area (TPSA) is 59.8 Å². The molecular weight excluding hydrogens is 448 g/mol. The first kappa shape index (κ1) is 21.3. The van der Waals surface area contributed by atoms with E-state index in [9.17, 15) is 4.79 Å². The molecule has 1 amide bonds. The second-order valence-electron chi connectivity index (χ2n) is 6.71. The zero-order chi connectivity index (χ0) is 20.8. The number of halogens is 1. The van der Waals surface area contributed by atoms with Gasteiger partial charge >= 0.3 is 0 Å². The van der Waals surface area contributed by atoms with Crippen LogP contribution in [-0.4, -0.2) is 26.4 Å². The summed E-state index contributed by atoms with van der Waals surface area (Å²) in [5.74, 6) is 1.02. The van der Waals surface area contributed by atoms with E-state index in [1.165, 1.54) is 22.9 Å². The lowest BCUT2D eigenvalue weighted by Crippen LogP contribution is -2.15. The molecule has 0 saturated carbocycles. The first-order valence-electron chi connectivity index (χ1n) is 9.24. The Balaban J connectivity index is 1.67. The monoisotopic (exact) mass is 470 g/mol. The summed E-state index contributed by atoms with van der Waals surface area (Å²) < 4.78 is 2.88. The predicted octanol–water partition coefficient (Wildman–Crippen LogP) is 5.17. The fourth-order valence-electron chi connectivity index (χ4n) is 2.84. The lowest BCUT2D eigenvalue weighted by atomic mass is 10.1. The molecule has 150 valence electrons. The number of amides is 1. The highest BCUT2D eigenvalue weighted by molar-refractivity contribution is 9.10. The van der Waals surface area contributed by atoms with Crippen molar-refractivity contribution in [2.45, 2.75) is 32.0 Å². The number of rotatable bonds is 8. The van der Waals surface area contributed by atoms with Crippen LogP contribution >= 0.6 is 27.7 Å². The number of hydrogen-bond donors (Lipinski definition) is 1. The first-order chi connectivity index (χ1) is 14.0. The third-order valence-corrected chi connectivity index (χ3v) is 6.12. The van der Waals surface area contributed by atoms with Crippen molar-refractivity contribution in [3.63, 3.8) is 0 Å². The van der Waals surface area contributed by atoms with Crippen LogP contribution in [-0.2, 0) is 17.8 Å². The van der Waals surface area contributed by atoms with Crippen molar-refractivity contribution in [2.24, 2.45) is 0 Å². The molecule has 0 unspecified atom stereocenters. The van der Waals surface area contributed by atoms with Gasteiger partial charge in [-0.3, -0.25) is 4.79 Å². The van der Waals surface area contributed by atoms with E-state index in [2.05, 4.69) is 50.2 Å². The summed E-state index contributed by atoms with van der Waals surface area (Å²) in [6, 6.07) is 14.1. The van der Waals surface area contributed by atoms with E-state index in [-0.39, 0.29) is 11.7 Å². The normalized spacial score (nSPS) is 10.7.